The van der Waals surface area contributed by atoms with Crippen LogP contribution in [0.25, 0.3) is 11.0 Å². The van der Waals surface area contributed by atoms with Crippen LogP contribution in [-0.4, -0.2) is 58.5 Å². The molecule has 10 nitrogen and oxygen atoms in total. The number of carbonyl (C=O) groups excluding carboxylic acids is 2. The molecule has 0 spiro atoms. The number of cyclic esters (lactones) is 1. The zero-order valence-corrected chi connectivity index (χ0v) is 32.1. The summed E-state index contributed by atoms with van der Waals surface area (Å²) in [6.45, 7) is 10.5. The van der Waals surface area contributed by atoms with Gasteiger partial charge in [-0.3, -0.25) is 13.9 Å². The Morgan fingerprint density at radius 3 is 2.49 bits per heavy atom. The summed E-state index contributed by atoms with van der Waals surface area (Å²) >= 11 is 0. The Balaban J connectivity index is 1.30. The van der Waals surface area contributed by atoms with Crippen molar-refractivity contribution in [2.24, 2.45) is 11.8 Å². The molecule has 0 aliphatic carbocycles. The average Bonchev–Trinajstić information content (AvgIpc) is 3.74. The van der Waals surface area contributed by atoms with Gasteiger partial charge in [0.25, 0.3) is 0 Å². The van der Waals surface area contributed by atoms with Gasteiger partial charge in [-0.2, -0.15) is 17.5 Å². The molecule has 0 saturated carbocycles. The highest BCUT2D eigenvalue weighted by molar-refractivity contribution is 8.22. The number of hydrogen-bond acceptors (Lipinski definition) is 8. The number of benzene rings is 4. The van der Waals surface area contributed by atoms with Gasteiger partial charge >= 0.3 is 12.3 Å². The van der Waals surface area contributed by atoms with Gasteiger partial charge in [0.15, 0.2) is 0 Å². The summed E-state index contributed by atoms with van der Waals surface area (Å²) < 4.78 is 73.2. The van der Waals surface area contributed by atoms with Gasteiger partial charge in [0.2, 0.25) is 5.91 Å². The Labute approximate surface area is 319 Å². The van der Waals surface area contributed by atoms with Crippen molar-refractivity contribution in [3.05, 3.63) is 123 Å². The fourth-order valence-corrected chi connectivity index (χ4v) is 9.86. The SMILES string of the molecule is CCn1nnc2c(C)c([C@H](c3ccc(C)c(CN4CC(C)Cc5cc(C(F)(F)F)ccc5S4(O)O)c3)[C@@H](C)C(=O)N3C(=O)OCC3c3ccccc3)ccc21. The number of aryl methyl sites for hydroxylation is 3. The van der Waals surface area contributed by atoms with Crippen LogP contribution < -0.4 is 0 Å². The van der Waals surface area contributed by atoms with Crippen molar-refractivity contribution in [3.63, 3.8) is 0 Å². The van der Waals surface area contributed by atoms with Crippen LogP contribution in [0.5, 0.6) is 0 Å². The summed E-state index contributed by atoms with van der Waals surface area (Å²) in [5, 5.41) is 8.79. The number of aromatic nitrogens is 3. The van der Waals surface area contributed by atoms with Gasteiger partial charge in [-0.15, -0.1) is 15.9 Å². The van der Waals surface area contributed by atoms with Gasteiger partial charge < -0.3 is 4.74 Å². The molecule has 3 heterocycles. The molecule has 0 radical (unpaired) electrons. The highest BCUT2D eigenvalue weighted by Crippen LogP contribution is 2.56. The van der Waals surface area contributed by atoms with Crippen molar-refractivity contribution < 1.29 is 36.6 Å². The molecule has 1 aromatic heterocycles. The molecule has 4 atom stereocenters. The van der Waals surface area contributed by atoms with Crippen LogP contribution in [0.4, 0.5) is 18.0 Å². The number of rotatable bonds is 8. The summed E-state index contributed by atoms with van der Waals surface area (Å²) in [7, 11) is -3.69. The molecule has 290 valence electrons. The second kappa shape index (κ2) is 14.7. The summed E-state index contributed by atoms with van der Waals surface area (Å²) in [5.41, 5.74) is 5.76. The van der Waals surface area contributed by atoms with Crippen molar-refractivity contribution in [2.75, 3.05) is 13.2 Å². The second-order valence-electron chi connectivity index (χ2n) is 14.7. The second-order valence-corrected chi connectivity index (χ2v) is 16.7. The van der Waals surface area contributed by atoms with E-state index in [9.17, 15) is 31.9 Å². The van der Waals surface area contributed by atoms with Gasteiger partial charge in [0.05, 0.1) is 16.0 Å². The number of nitrogens with zero attached hydrogens (tertiary/aromatic N) is 5. The fourth-order valence-electron chi connectivity index (χ4n) is 8.05. The summed E-state index contributed by atoms with van der Waals surface area (Å²) in [6, 6.07) is 21.5. The standard InChI is InChI=1S/C41H44F3N5O5S/c1-6-48-34-16-15-33(26(4)38(34)45-46-48)37(27(5)39(50)49-35(23-54-40(49)51)28-10-8-7-9-11-28)29-13-12-25(3)31(19-29)22-47-21-24(2)18-30-20-32(41(42,43)44)14-17-36(30)55(47,52)53/h7-17,19-20,24,27,35,37,52-53H,6,18,21-23H2,1-5H3/t24?,27-,35?,37+/m1/s1. The zero-order chi connectivity index (χ0) is 39.4. The van der Waals surface area contributed by atoms with E-state index in [1.54, 1.807) is 15.9 Å². The number of fused-ring (bicyclic) bond motifs is 2. The van der Waals surface area contributed by atoms with Crippen LogP contribution in [0.1, 0.15) is 77.2 Å². The van der Waals surface area contributed by atoms with E-state index < -0.39 is 52.4 Å². The molecule has 2 amide bonds. The summed E-state index contributed by atoms with van der Waals surface area (Å²) in [6.07, 6.45) is -5.03. The van der Waals surface area contributed by atoms with Crippen molar-refractivity contribution in [1.82, 2.24) is 24.2 Å². The van der Waals surface area contributed by atoms with Crippen molar-refractivity contribution in [1.29, 1.82) is 0 Å². The van der Waals surface area contributed by atoms with E-state index in [0.29, 0.717) is 12.1 Å². The Hall–Kier alpha value is -4.76. The first-order valence-electron chi connectivity index (χ1n) is 18.3. The summed E-state index contributed by atoms with van der Waals surface area (Å²) in [4.78, 5) is 29.2. The first-order valence-corrected chi connectivity index (χ1v) is 19.8. The molecule has 14 heteroatoms. The lowest BCUT2D eigenvalue weighted by Gasteiger charge is -2.43. The molecule has 2 aliphatic rings. The topological polar surface area (TPSA) is 121 Å². The Kier molecular flexibility index (Phi) is 10.3. The van der Waals surface area contributed by atoms with Crippen LogP contribution in [0.2, 0.25) is 0 Å². The van der Waals surface area contributed by atoms with E-state index in [-0.39, 0.29) is 42.5 Å². The van der Waals surface area contributed by atoms with E-state index in [4.69, 9.17) is 4.74 Å². The van der Waals surface area contributed by atoms with Gasteiger partial charge in [-0.25, -0.2) is 14.4 Å². The first-order chi connectivity index (χ1) is 26.1. The lowest BCUT2D eigenvalue weighted by atomic mass is 9.78. The maximum absolute atomic E-state index is 14.6. The van der Waals surface area contributed by atoms with E-state index in [1.807, 2.05) is 88.4 Å². The van der Waals surface area contributed by atoms with E-state index in [0.717, 1.165) is 51.0 Å². The Morgan fingerprint density at radius 2 is 1.78 bits per heavy atom. The molecule has 2 aliphatic heterocycles. The zero-order valence-electron chi connectivity index (χ0n) is 31.2. The first kappa shape index (κ1) is 38.5. The molecule has 0 bridgehead atoms. The molecule has 1 fully saturated rings. The minimum atomic E-state index is -4.56. The quantitative estimate of drug-likeness (QED) is 0.160. The maximum Gasteiger partial charge on any atom is 0.417 e. The number of amides is 2. The number of halogens is 3. The van der Waals surface area contributed by atoms with Crippen LogP contribution >= 0.6 is 10.8 Å². The number of imide groups is 1. The van der Waals surface area contributed by atoms with Crippen molar-refractivity contribution in [3.8, 4) is 0 Å². The third kappa shape index (κ3) is 7.12. The van der Waals surface area contributed by atoms with E-state index in [2.05, 4.69) is 10.3 Å². The number of ether oxygens (including phenoxy) is 1. The largest absolute Gasteiger partial charge is 0.446 e. The monoisotopic (exact) mass is 775 g/mol. The lowest BCUT2D eigenvalue weighted by Crippen LogP contribution is -2.40. The van der Waals surface area contributed by atoms with Crippen LogP contribution in [0.15, 0.2) is 83.8 Å². The van der Waals surface area contributed by atoms with Crippen molar-refractivity contribution in [2.45, 2.75) is 77.2 Å². The number of carbonyl (C=O) groups is 2. The van der Waals surface area contributed by atoms with Crippen LogP contribution in [-0.2, 0) is 35.2 Å². The predicted molar refractivity (Wildman–Crippen MR) is 203 cm³/mol. The molecule has 2 unspecified atom stereocenters. The molecule has 2 N–H and O–H groups in total. The normalized spacial score (nSPS) is 20.5. The molecule has 5 aromatic rings. The lowest BCUT2D eigenvalue weighted by molar-refractivity contribution is -0.137. The van der Waals surface area contributed by atoms with Gasteiger partial charge in [0.1, 0.15) is 18.2 Å². The smallest absolute Gasteiger partial charge is 0.417 e. The Morgan fingerprint density at radius 1 is 1.04 bits per heavy atom. The molecule has 1 saturated heterocycles. The highest BCUT2D eigenvalue weighted by Gasteiger charge is 2.43. The predicted octanol–water partition coefficient (Wildman–Crippen LogP) is 9.29. The molecule has 4 aromatic carbocycles. The van der Waals surface area contributed by atoms with Crippen LogP contribution in [0, 0.1) is 25.7 Å². The molecular weight excluding hydrogens is 732 g/mol. The minimum absolute atomic E-state index is 0.0348. The molecular formula is C41H44F3N5O5S. The minimum Gasteiger partial charge on any atom is -0.446 e. The molecule has 55 heavy (non-hydrogen) atoms. The maximum atomic E-state index is 14.6. The third-order valence-electron chi connectivity index (χ3n) is 11.0. The third-order valence-corrected chi connectivity index (χ3v) is 13.0. The molecule has 7 rings (SSSR count). The van der Waals surface area contributed by atoms with Gasteiger partial charge in [-0.05, 0) is 96.3 Å². The van der Waals surface area contributed by atoms with Crippen LogP contribution in [0.3, 0.4) is 0 Å². The van der Waals surface area contributed by atoms with Gasteiger partial charge in [0, 0.05) is 31.5 Å². The van der Waals surface area contributed by atoms with Gasteiger partial charge in [-0.1, -0.05) is 73.7 Å². The Bertz CT molecular complexity index is 2260. The highest BCUT2D eigenvalue weighted by atomic mass is 32.3. The fraction of sp³-hybridized carbons (Fsp3) is 0.366. The van der Waals surface area contributed by atoms with E-state index >= 15 is 0 Å². The van der Waals surface area contributed by atoms with Crippen molar-refractivity contribution >= 4 is 33.8 Å². The average molecular weight is 776 g/mol. The number of alkyl halides is 3. The van der Waals surface area contributed by atoms with E-state index in [1.165, 1.54) is 11.0 Å². The summed E-state index contributed by atoms with van der Waals surface area (Å²) in [5.74, 6) is -1.96. The number of hydrogen-bond donors (Lipinski definition) is 2.